The van der Waals surface area contributed by atoms with Crippen LogP contribution in [0.4, 0.5) is 0 Å². The number of nitrogens with zero attached hydrogens (tertiary/aromatic N) is 5. The highest BCUT2D eigenvalue weighted by Crippen LogP contribution is 2.25. The third-order valence-corrected chi connectivity index (χ3v) is 5.09. The van der Waals surface area contributed by atoms with Gasteiger partial charge in [-0.25, -0.2) is 9.59 Å². The molecule has 10 heteroatoms. The predicted octanol–water partition coefficient (Wildman–Crippen LogP) is 2.09. The molecular formula is C23H26N6O4. The number of benzene rings is 2. The fourth-order valence-corrected chi connectivity index (χ4v) is 3.29. The molecule has 2 aromatic carbocycles. The zero-order chi connectivity index (χ0) is 24.1. The van der Waals surface area contributed by atoms with Crippen LogP contribution >= 0.6 is 0 Å². The summed E-state index contributed by atoms with van der Waals surface area (Å²) in [6, 6.07) is 12.7. The van der Waals surface area contributed by atoms with Crippen molar-refractivity contribution < 1.29 is 14.6 Å². The van der Waals surface area contributed by atoms with E-state index < -0.39 is 5.97 Å². The maximum atomic E-state index is 12.2. The number of aryl methyl sites for hydroxylation is 2. The van der Waals surface area contributed by atoms with Crippen molar-refractivity contribution in [2.75, 3.05) is 6.54 Å². The van der Waals surface area contributed by atoms with Gasteiger partial charge in [0.2, 0.25) is 0 Å². The summed E-state index contributed by atoms with van der Waals surface area (Å²) in [4.78, 5) is 27.8. The Labute approximate surface area is 190 Å². The second-order valence-corrected chi connectivity index (χ2v) is 7.36. The van der Waals surface area contributed by atoms with Crippen molar-refractivity contribution in [1.82, 2.24) is 19.8 Å². The lowest BCUT2D eigenvalue weighted by Crippen LogP contribution is -2.23. The average Bonchev–Trinajstić information content (AvgIpc) is 3.13. The summed E-state index contributed by atoms with van der Waals surface area (Å²) in [5, 5.41) is 17.1. The summed E-state index contributed by atoms with van der Waals surface area (Å²) >= 11 is 0. The molecule has 0 aliphatic rings. The number of aliphatic imine (C=N–C) groups is 1. The van der Waals surface area contributed by atoms with Crippen LogP contribution in [0.1, 0.15) is 30.5 Å². The van der Waals surface area contributed by atoms with E-state index in [4.69, 9.17) is 10.5 Å². The fourth-order valence-electron chi connectivity index (χ4n) is 3.29. The number of para-hydroxylation sites is 1. The lowest BCUT2D eigenvalue weighted by Gasteiger charge is -2.14. The maximum Gasteiger partial charge on any atom is 0.368 e. The molecule has 0 aliphatic heterocycles. The van der Waals surface area contributed by atoms with Crippen molar-refractivity contribution >= 4 is 17.4 Å². The van der Waals surface area contributed by atoms with Gasteiger partial charge >= 0.3 is 11.7 Å². The molecule has 0 aliphatic carbocycles. The highest BCUT2D eigenvalue weighted by atomic mass is 16.5. The van der Waals surface area contributed by atoms with Crippen LogP contribution < -0.4 is 16.2 Å². The highest BCUT2D eigenvalue weighted by molar-refractivity contribution is 6.43. The number of tetrazole rings is 1. The Hall–Kier alpha value is -4.21. The first-order valence-electron chi connectivity index (χ1n) is 10.3. The molecule has 0 amide bonds. The third-order valence-electron chi connectivity index (χ3n) is 5.09. The Kier molecular flexibility index (Phi) is 7.07. The van der Waals surface area contributed by atoms with Gasteiger partial charge in [0.05, 0.1) is 5.69 Å². The van der Waals surface area contributed by atoms with Gasteiger partial charge in [-0.1, -0.05) is 18.2 Å². The van der Waals surface area contributed by atoms with Crippen LogP contribution in [0.3, 0.4) is 0 Å². The van der Waals surface area contributed by atoms with E-state index in [2.05, 4.69) is 15.4 Å². The van der Waals surface area contributed by atoms with Crippen molar-refractivity contribution in [3.05, 3.63) is 75.2 Å². The summed E-state index contributed by atoms with van der Waals surface area (Å²) in [7, 11) is 1.53. The monoisotopic (exact) mass is 450 g/mol. The van der Waals surface area contributed by atoms with Gasteiger partial charge in [0.25, 0.3) is 0 Å². The standard InChI is InChI=1S/C23H26N6O4/c1-5-25-21(22(30)31)15(3)20(24)16-10-11-19(14(2)12-16)33-13-17-8-6-7-9-18(17)29-23(32)28(4)26-27-29/h6-12H,5,13,24H2,1-4H3,(H,30,31). The molecular weight excluding hydrogens is 424 g/mol. The van der Waals surface area contributed by atoms with Crippen LogP contribution in [0.15, 0.2) is 57.8 Å². The Morgan fingerprint density at radius 1 is 1.21 bits per heavy atom. The summed E-state index contributed by atoms with van der Waals surface area (Å²) in [6.07, 6.45) is 0. The minimum absolute atomic E-state index is 0.0520. The molecule has 0 unspecified atom stereocenters. The lowest BCUT2D eigenvalue weighted by atomic mass is 10.0. The van der Waals surface area contributed by atoms with E-state index >= 15 is 0 Å². The first kappa shape index (κ1) is 23.5. The number of nitrogens with two attached hydrogens (primary N) is 1. The molecule has 1 aromatic heterocycles. The minimum Gasteiger partial charge on any atom is -0.489 e. The summed E-state index contributed by atoms with van der Waals surface area (Å²) in [5.41, 5.74) is 9.42. The van der Waals surface area contributed by atoms with E-state index in [0.717, 1.165) is 15.8 Å². The van der Waals surface area contributed by atoms with Gasteiger partial charge < -0.3 is 15.6 Å². The molecule has 0 atom stereocenters. The average molecular weight is 450 g/mol. The van der Waals surface area contributed by atoms with Crippen molar-refractivity contribution in [3.63, 3.8) is 0 Å². The smallest absolute Gasteiger partial charge is 0.368 e. The first-order valence-corrected chi connectivity index (χ1v) is 10.3. The molecule has 172 valence electrons. The van der Waals surface area contributed by atoms with Gasteiger partial charge in [-0.15, -0.1) is 0 Å². The molecule has 0 bridgehead atoms. The minimum atomic E-state index is -1.12. The number of aliphatic carboxylic acids is 1. The molecule has 3 N–H and O–H groups in total. The third kappa shape index (κ3) is 5.00. The quantitative estimate of drug-likeness (QED) is 0.501. The van der Waals surface area contributed by atoms with Crippen LogP contribution in [0.2, 0.25) is 0 Å². The first-order chi connectivity index (χ1) is 15.7. The van der Waals surface area contributed by atoms with Gasteiger partial charge in [-0.05, 0) is 66.6 Å². The van der Waals surface area contributed by atoms with Crippen LogP contribution in [0.5, 0.6) is 5.75 Å². The number of rotatable bonds is 8. The molecule has 3 rings (SSSR count). The van der Waals surface area contributed by atoms with E-state index in [1.807, 2.05) is 31.2 Å². The van der Waals surface area contributed by atoms with E-state index in [1.165, 1.54) is 11.7 Å². The fraction of sp³-hybridized carbons (Fsp3) is 0.261. The topological polar surface area (TPSA) is 138 Å². The van der Waals surface area contributed by atoms with Gasteiger partial charge in [0, 0.05) is 30.4 Å². The Morgan fingerprint density at radius 2 is 1.94 bits per heavy atom. The van der Waals surface area contributed by atoms with E-state index in [0.29, 0.717) is 34.8 Å². The number of hydrogen-bond donors (Lipinski definition) is 2. The number of carboxylic acids is 1. The molecule has 3 aromatic rings. The van der Waals surface area contributed by atoms with Crippen molar-refractivity contribution in [2.45, 2.75) is 27.4 Å². The SMILES string of the molecule is CCN=C(C(=O)O)C(C)=C(N)c1ccc(OCc2ccccc2-n2nnn(C)c2=O)c(C)c1. The largest absolute Gasteiger partial charge is 0.489 e. The Morgan fingerprint density at radius 3 is 2.55 bits per heavy atom. The molecule has 10 nitrogen and oxygen atoms in total. The van der Waals surface area contributed by atoms with Gasteiger partial charge in [-0.3, -0.25) is 4.99 Å². The zero-order valence-electron chi connectivity index (χ0n) is 18.9. The predicted molar refractivity (Wildman–Crippen MR) is 125 cm³/mol. The number of carbonyl (C=O) groups is 1. The van der Waals surface area contributed by atoms with Crippen molar-refractivity contribution in [3.8, 4) is 11.4 Å². The Bertz CT molecular complexity index is 1300. The molecule has 1 heterocycles. The van der Waals surface area contributed by atoms with Gasteiger partial charge in [-0.2, -0.15) is 9.36 Å². The lowest BCUT2D eigenvalue weighted by molar-refractivity contribution is -0.129. The second-order valence-electron chi connectivity index (χ2n) is 7.36. The summed E-state index contributed by atoms with van der Waals surface area (Å²) in [6.45, 7) is 5.83. The van der Waals surface area contributed by atoms with Crippen LogP contribution in [-0.2, 0) is 18.4 Å². The van der Waals surface area contributed by atoms with Gasteiger partial charge in [0.1, 0.15) is 18.1 Å². The normalized spacial score (nSPS) is 12.4. The van der Waals surface area contributed by atoms with Crippen LogP contribution in [-0.4, -0.2) is 43.1 Å². The summed E-state index contributed by atoms with van der Waals surface area (Å²) < 4.78 is 8.38. The number of ether oxygens (including phenoxy) is 1. The van der Waals surface area contributed by atoms with Gasteiger partial charge in [0.15, 0.2) is 0 Å². The zero-order valence-corrected chi connectivity index (χ0v) is 18.9. The molecule has 0 saturated carbocycles. The second kappa shape index (κ2) is 9.94. The van der Waals surface area contributed by atoms with E-state index in [-0.39, 0.29) is 18.0 Å². The molecule has 0 spiro atoms. The highest BCUT2D eigenvalue weighted by Gasteiger charge is 2.16. The maximum absolute atomic E-state index is 12.2. The van der Waals surface area contributed by atoms with Crippen molar-refractivity contribution in [1.29, 1.82) is 0 Å². The van der Waals surface area contributed by atoms with E-state index in [1.54, 1.807) is 32.0 Å². The van der Waals surface area contributed by atoms with Crippen LogP contribution in [0, 0.1) is 6.92 Å². The van der Waals surface area contributed by atoms with E-state index in [9.17, 15) is 14.7 Å². The molecule has 0 radical (unpaired) electrons. The number of aromatic nitrogens is 4. The number of hydrogen-bond acceptors (Lipinski definition) is 7. The molecule has 0 fully saturated rings. The molecule has 0 saturated heterocycles. The summed E-state index contributed by atoms with van der Waals surface area (Å²) in [5.74, 6) is -0.485. The number of carboxylic acid groups (broad SMARTS) is 1. The molecule has 33 heavy (non-hydrogen) atoms. The van der Waals surface area contributed by atoms with Crippen LogP contribution in [0.25, 0.3) is 11.4 Å². The van der Waals surface area contributed by atoms with Crippen molar-refractivity contribution in [2.24, 2.45) is 17.8 Å². The Balaban J connectivity index is 1.85.